The van der Waals surface area contributed by atoms with Crippen LogP contribution in [-0.4, -0.2) is 38.7 Å². The van der Waals surface area contributed by atoms with Gasteiger partial charge in [-0.15, -0.1) is 0 Å². The smallest absolute Gasteiger partial charge is 0.208 e. The van der Waals surface area contributed by atoms with Gasteiger partial charge in [0.25, 0.3) is 0 Å². The Morgan fingerprint density at radius 2 is 1.53 bits per heavy atom. The van der Waals surface area contributed by atoms with E-state index in [0.29, 0.717) is 6.54 Å². The SMILES string of the molecule is C.CCNS(C)(=O)=O.O=S([O-])NS(=O)[O-]. The fraction of sp³-hybridized carbons (Fsp3) is 1.00. The van der Waals surface area contributed by atoms with Crippen LogP contribution in [0.5, 0.6) is 0 Å². The first-order valence-corrected chi connectivity index (χ1v) is 7.12. The highest BCUT2D eigenvalue weighted by molar-refractivity contribution is 7.92. The number of nitrogens with one attached hydrogen (secondary N) is 2. The van der Waals surface area contributed by atoms with E-state index in [9.17, 15) is 25.9 Å². The molecule has 0 aliphatic rings. The van der Waals surface area contributed by atoms with Crippen molar-refractivity contribution in [2.75, 3.05) is 12.8 Å². The van der Waals surface area contributed by atoms with Crippen molar-refractivity contribution in [3.05, 3.63) is 0 Å². The average Bonchev–Trinajstić information content (AvgIpc) is 1.80. The van der Waals surface area contributed by atoms with Gasteiger partial charge in [-0.05, 0) is 0 Å². The van der Waals surface area contributed by atoms with Crippen molar-refractivity contribution in [3.63, 3.8) is 0 Å². The van der Waals surface area contributed by atoms with Gasteiger partial charge in [-0.1, -0.05) is 14.4 Å². The molecule has 0 heterocycles. The predicted octanol–water partition coefficient (Wildman–Crippen LogP) is -1.64. The van der Waals surface area contributed by atoms with Crippen LogP contribution in [0.25, 0.3) is 0 Å². The third kappa shape index (κ3) is 31.5. The maximum absolute atomic E-state index is 10.1. The molecule has 0 aliphatic carbocycles. The van der Waals surface area contributed by atoms with Crippen LogP contribution in [0.1, 0.15) is 14.4 Å². The van der Waals surface area contributed by atoms with Gasteiger partial charge in [0, 0.05) is 29.1 Å². The molecule has 0 rings (SSSR count). The standard InChI is InChI=1S/C3H9NO2S.CH4.H3NO4S2/c1-3-4-7(2,5)6;;2-6(3)1-7(4)5/h4H,3H2,1-2H3;1H4;1H,(H,2,3)(H,4,5)/p-2. The molecule has 0 amide bonds. The topological polar surface area (TPSA) is 138 Å². The first-order valence-electron chi connectivity index (χ1n) is 3.08. The molecule has 0 spiro atoms. The molecule has 0 fully saturated rings. The zero-order valence-electron chi connectivity index (χ0n) is 7.38. The second-order valence-electron chi connectivity index (χ2n) is 1.82. The van der Waals surface area contributed by atoms with Gasteiger partial charge in [0.2, 0.25) is 10.0 Å². The zero-order valence-corrected chi connectivity index (χ0v) is 9.83. The average molecular weight is 282 g/mol. The summed E-state index contributed by atoms with van der Waals surface area (Å²) in [7, 11) is -2.92. The Kier molecular flexibility index (Phi) is 14.5. The third-order valence-corrected chi connectivity index (χ3v) is 2.44. The van der Waals surface area contributed by atoms with Crippen LogP contribution in [0, 0.1) is 0 Å². The molecular formula is C4H14N2O6S3-2. The normalized spacial score (nSPS) is 14.1. The molecule has 2 atom stereocenters. The minimum absolute atomic E-state index is 0. The van der Waals surface area contributed by atoms with Gasteiger partial charge in [0.05, 0.1) is 6.26 Å². The van der Waals surface area contributed by atoms with Crippen molar-refractivity contribution in [1.82, 2.24) is 8.85 Å². The molecule has 0 radical (unpaired) electrons. The monoisotopic (exact) mass is 282 g/mol. The molecule has 0 aromatic heterocycles. The van der Waals surface area contributed by atoms with Crippen molar-refractivity contribution < 1.29 is 25.9 Å². The van der Waals surface area contributed by atoms with Crippen LogP contribution < -0.4 is 8.85 Å². The Bertz CT molecular complexity index is 277. The van der Waals surface area contributed by atoms with E-state index < -0.39 is 32.6 Å². The van der Waals surface area contributed by atoms with Gasteiger partial charge in [-0.25, -0.2) is 13.1 Å². The van der Waals surface area contributed by atoms with Crippen LogP contribution in [0.15, 0.2) is 0 Å². The van der Waals surface area contributed by atoms with E-state index in [2.05, 4.69) is 4.72 Å². The molecule has 0 bridgehead atoms. The van der Waals surface area contributed by atoms with Crippen LogP contribution >= 0.6 is 0 Å². The van der Waals surface area contributed by atoms with E-state index in [1.807, 2.05) is 0 Å². The molecule has 11 heteroatoms. The summed E-state index contributed by atoms with van der Waals surface area (Å²) >= 11 is -5.42. The van der Waals surface area contributed by atoms with E-state index >= 15 is 0 Å². The Balaban J connectivity index is -0.000000180. The van der Waals surface area contributed by atoms with Crippen LogP contribution in [0.3, 0.4) is 0 Å². The van der Waals surface area contributed by atoms with Gasteiger partial charge in [-0.2, -0.15) is 4.13 Å². The molecule has 2 unspecified atom stereocenters. The van der Waals surface area contributed by atoms with Gasteiger partial charge in [0.15, 0.2) is 0 Å². The van der Waals surface area contributed by atoms with Gasteiger partial charge >= 0.3 is 0 Å². The number of sulfonamides is 1. The second kappa shape index (κ2) is 10.6. The van der Waals surface area contributed by atoms with Gasteiger partial charge in [0.1, 0.15) is 0 Å². The van der Waals surface area contributed by atoms with Crippen molar-refractivity contribution in [2.24, 2.45) is 0 Å². The van der Waals surface area contributed by atoms with Gasteiger partial charge < -0.3 is 9.11 Å². The molecule has 8 nitrogen and oxygen atoms in total. The Hall–Kier alpha value is 0.0900. The summed E-state index contributed by atoms with van der Waals surface area (Å²) in [6, 6.07) is 0. The maximum Gasteiger partial charge on any atom is 0.208 e. The number of hydrogen-bond donors (Lipinski definition) is 2. The van der Waals surface area contributed by atoms with Crippen molar-refractivity contribution in [3.8, 4) is 0 Å². The molecule has 0 aromatic rings. The van der Waals surface area contributed by atoms with E-state index in [1.165, 1.54) is 0 Å². The lowest BCUT2D eigenvalue weighted by molar-refractivity contribution is 0.515. The van der Waals surface area contributed by atoms with Crippen molar-refractivity contribution in [2.45, 2.75) is 14.4 Å². The quantitative estimate of drug-likeness (QED) is 0.593. The van der Waals surface area contributed by atoms with E-state index in [4.69, 9.17) is 0 Å². The molecule has 0 aromatic carbocycles. The number of rotatable bonds is 4. The first-order chi connectivity index (χ1) is 6.19. The zero-order chi connectivity index (χ0) is 11.8. The Morgan fingerprint density at radius 3 is 1.53 bits per heavy atom. The molecule has 0 saturated carbocycles. The molecule has 96 valence electrons. The summed E-state index contributed by atoms with van der Waals surface area (Å²) in [6.07, 6.45) is 1.14. The lowest BCUT2D eigenvalue weighted by Crippen LogP contribution is -2.20. The summed E-state index contributed by atoms with van der Waals surface area (Å²) in [4.78, 5) is 0. The Morgan fingerprint density at radius 1 is 1.20 bits per heavy atom. The number of hydrogen-bond acceptors (Lipinski definition) is 6. The van der Waals surface area contributed by atoms with Crippen LogP contribution in [0.4, 0.5) is 0 Å². The van der Waals surface area contributed by atoms with E-state index in [0.717, 1.165) is 10.4 Å². The van der Waals surface area contributed by atoms with Crippen LogP contribution in [-0.2, 0) is 32.6 Å². The lowest BCUT2D eigenvalue weighted by Gasteiger charge is -2.07. The molecule has 2 N–H and O–H groups in total. The summed E-state index contributed by atoms with van der Waals surface area (Å²) in [6.45, 7) is 2.21. The first kappa shape index (κ1) is 20.5. The summed E-state index contributed by atoms with van der Waals surface area (Å²) in [5.41, 5.74) is 0. The maximum atomic E-state index is 10.1. The fourth-order valence-electron chi connectivity index (χ4n) is 0.318. The summed E-state index contributed by atoms with van der Waals surface area (Å²) in [5.74, 6) is 0. The van der Waals surface area contributed by atoms with Crippen molar-refractivity contribution >= 4 is 32.6 Å². The van der Waals surface area contributed by atoms with E-state index in [-0.39, 0.29) is 7.43 Å². The molecule has 0 saturated heterocycles. The van der Waals surface area contributed by atoms with Gasteiger partial charge in [-0.3, -0.25) is 8.42 Å². The Labute approximate surface area is 94.7 Å². The summed E-state index contributed by atoms with van der Waals surface area (Å²) in [5, 5.41) is 0. The van der Waals surface area contributed by atoms with E-state index in [1.54, 1.807) is 6.92 Å². The van der Waals surface area contributed by atoms with Crippen molar-refractivity contribution in [1.29, 1.82) is 0 Å². The largest absolute Gasteiger partial charge is 0.759 e. The van der Waals surface area contributed by atoms with Crippen LogP contribution in [0.2, 0.25) is 0 Å². The molecule has 0 aliphatic heterocycles. The minimum Gasteiger partial charge on any atom is -0.759 e. The third-order valence-electron chi connectivity index (χ3n) is 0.543. The minimum atomic E-state index is -2.92. The highest BCUT2D eigenvalue weighted by Crippen LogP contribution is 1.67. The molecular weight excluding hydrogens is 268 g/mol. The highest BCUT2D eigenvalue weighted by Gasteiger charge is 1.92. The highest BCUT2D eigenvalue weighted by atomic mass is 32.3. The summed E-state index contributed by atoms with van der Waals surface area (Å²) < 4.78 is 60.9. The molecule has 15 heavy (non-hydrogen) atoms. The predicted molar refractivity (Wildman–Crippen MR) is 56.2 cm³/mol. The fourth-order valence-corrected chi connectivity index (χ4v) is 1.29. The second-order valence-corrected chi connectivity index (χ2v) is 5.26. The lowest BCUT2D eigenvalue weighted by atomic mass is 10.8.